The van der Waals surface area contributed by atoms with Gasteiger partial charge in [0.1, 0.15) is 6.61 Å². The van der Waals surface area contributed by atoms with Crippen LogP contribution >= 0.6 is 0 Å². The molecule has 2 aromatic rings. The molecule has 0 fully saturated rings. The maximum absolute atomic E-state index is 12.5. The summed E-state index contributed by atoms with van der Waals surface area (Å²) in [5.74, 6) is 0.319. The zero-order chi connectivity index (χ0) is 16.2. The molecule has 2 unspecified atom stereocenters. The fourth-order valence-electron chi connectivity index (χ4n) is 3.13. The average molecular weight is 310 g/mol. The summed E-state index contributed by atoms with van der Waals surface area (Å²) in [7, 11) is 1.82. The topological polar surface area (TPSA) is 41.6 Å². The quantitative estimate of drug-likeness (QED) is 0.929. The second kappa shape index (κ2) is 6.73. The zero-order valence-electron chi connectivity index (χ0n) is 13.5. The van der Waals surface area contributed by atoms with Crippen molar-refractivity contribution >= 4 is 11.8 Å². The molecule has 0 aromatic heterocycles. The number of carbonyl (C=O) groups excluding carboxylic acids is 1. The minimum absolute atomic E-state index is 0.0238. The summed E-state index contributed by atoms with van der Waals surface area (Å²) in [6.45, 7) is 3.29. The number of ether oxygens (including phenoxy) is 1. The van der Waals surface area contributed by atoms with E-state index in [2.05, 4.69) is 24.4 Å². The number of nitrogens with one attached hydrogen (secondary N) is 1. The molecule has 4 heteroatoms. The molecular weight excluding hydrogens is 288 g/mol. The molecule has 2 aromatic carbocycles. The van der Waals surface area contributed by atoms with Crippen LogP contribution in [-0.2, 0) is 11.3 Å². The summed E-state index contributed by atoms with van der Waals surface area (Å²) in [4.78, 5) is 14.2. The number of fused-ring (bicyclic) bond motifs is 1. The highest BCUT2D eigenvalue weighted by atomic mass is 16.6. The molecule has 1 heterocycles. The van der Waals surface area contributed by atoms with Crippen molar-refractivity contribution in [2.24, 2.45) is 5.92 Å². The molecule has 0 spiro atoms. The molecule has 120 valence electrons. The molecule has 3 rings (SSSR count). The maximum Gasteiger partial charge on any atom is 0.410 e. The molecular formula is C19H22N2O2. The zero-order valence-corrected chi connectivity index (χ0v) is 13.5. The van der Waals surface area contributed by atoms with Gasteiger partial charge in [-0.25, -0.2) is 4.79 Å². The van der Waals surface area contributed by atoms with E-state index < -0.39 is 0 Å². The number of para-hydroxylation sites is 1. The Bertz CT molecular complexity index is 672. The third kappa shape index (κ3) is 3.31. The van der Waals surface area contributed by atoms with Gasteiger partial charge in [0.05, 0.1) is 6.04 Å². The van der Waals surface area contributed by atoms with E-state index in [1.165, 1.54) is 0 Å². The third-order valence-electron chi connectivity index (χ3n) is 4.34. The minimum atomic E-state index is -0.289. The molecule has 0 radical (unpaired) electrons. The standard InChI is InChI=1S/C19H22N2O2/c1-14-12-20-17-11-7-6-10-16(17)18(14)21(2)19(22)23-13-15-8-4-3-5-9-15/h3-11,14,18,20H,12-13H2,1-2H3. The van der Waals surface area contributed by atoms with E-state index >= 15 is 0 Å². The van der Waals surface area contributed by atoms with Gasteiger partial charge in [-0.15, -0.1) is 0 Å². The third-order valence-corrected chi connectivity index (χ3v) is 4.34. The van der Waals surface area contributed by atoms with Crippen LogP contribution in [0.5, 0.6) is 0 Å². The lowest BCUT2D eigenvalue weighted by Crippen LogP contribution is -2.40. The summed E-state index contributed by atoms with van der Waals surface area (Å²) in [6, 6.07) is 17.9. The Morgan fingerprint density at radius 1 is 1.17 bits per heavy atom. The van der Waals surface area contributed by atoms with Gasteiger partial charge >= 0.3 is 6.09 Å². The van der Waals surface area contributed by atoms with Crippen molar-refractivity contribution in [3.05, 3.63) is 65.7 Å². The van der Waals surface area contributed by atoms with E-state index in [1.54, 1.807) is 4.90 Å². The first kappa shape index (κ1) is 15.4. The minimum Gasteiger partial charge on any atom is -0.445 e. The highest BCUT2D eigenvalue weighted by Crippen LogP contribution is 2.37. The second-order valence-electron chi connectivity index (χ2n) is 6.04. The lowest BCUT2D eigenvalue weighted by atomic mass is 9.89. The Hall–Kier alpha value is -2.49. The molecule has 1 amide bonds. The number of carbonyl (C=O) groups is 1. The average Bonchev–Trinajstić information content (AvgIpc) is 2.60. The highest BCUT2D eigenvalue weighted by Gasteiger charge is 2.32. The molecule has 0 aliphatic carbocycles. The molecule has 4 nitrogen and oxygen atoms in total. The van der Waals surface area contributed by atoms with Crippen LogP contribution in [0.25, 0.3) is 0 Å². The Labute approximate surface area is 137 Å². The van der Waals surface area contributed by atoms with Gasteiger partial charge in [0.2, 0.25) is 0 Å². The van der Waals surface area contributed by atoms with Crippen molar-refractivity contribution in [2.45, 2.75) is 19.6 Å². The number of hydrogen-bond acceptors (Lipinski definition) is 3. The second-order valence-corrected chi connectivity index (χ2v) is 6.04. The summed E-state index contributed by atoms with van der Waals surface area (Å²) in [5.41, 5.74) is 3.23. The number of benzene rings is 2. The van der Waals surface area contributed by atoms with Crippen molar-refractivity contribution in [2.75, 3.05) is 18.9 Å². The van der Waals surface area contributed by atoms with Crippen LogP contribution in [0.3, 0.4) is 0 Å². The lowest BCUT2D eigenvalue weighted by Gasteiger charge is -2.37. The molecule has 1 aliphatic heterocycles. The first-order valence-corrected chi connectivity index (χ1v) is 7.93. The number of hydrogen-bond donors (Lipinski definition) is 1. The van der Waals surface area contributed by atoms with E-state index in [-0.39, 0.29) is 12.1 Å². The van der Waals surface area contributed by atoms with Gasteiger partial charge < -0.3 is 15.0 Å². The summed E-state index contributed by atoms with van der Waals surface area (Å²) in [6.07, 6.45) is -0.289. The van der Waals surface area contributed by atoms with Crippen molar-refractivity contribution in [3.63, 3.8) is 0 Å². The monoisotopic (exact) mass is 310 g/mol. The van der Waals surface area contributed by atoms with Gasteiger partial charge in [-0.2, -0.15) is 0 Å². The van der Waals surface area contributed by atoms with Gasteiger partial charge in [0, 0.05) is 19.3 Å². The van der Waals surface area contributed by atoms with Crippen LogP contribution in [0, 0.1) is 5.92 Å². The normalized spacial score (nSPS) is 19.4. The van der Waals surface area contributed by atoms with Gasteiger partial charge in [-0.1, -0.05) is 55.5 Å². The van der Waals surface area contributed by atoms with Crippen LogP contribution in [-0.4, -0.2) is 24.6 Å². The number of rotatable bonds is 3. The van der Waals surface area contributed by atoms with Gasteiger partial charge in [-0.05, 0) is 23.1 Å². The fraction of sp³-hybridized carbons (Fsp3) is 0.316. The van der Waals surface area contributed by atoms with E-state index in [0.717, 1.165) is 23.4 Å². The van der Waals surface area contributed by atoms with Crippen LogP contribution in [0.4, 0.5) is 10.5 Å². The van der Waals surface area contributed by atoms with E-state index in [4.69, 9.17) is 4.74 Å². The smallest absolute Gasteiger partial charge is 0.410 e. The largest absolute Gasteiger partial charge is 0.445 e. The predicted octanol–water partition coefficient (Wildman–Crippen LogP) is 4.06. The molecule has 2 atom stereocenters. The fourth-order valence-corrected chi connectivity index (χ4v) is 3.13. The number of anilines is 1. The molecule has 23 heavy (non-hydrogen) atoms. The number of amides is 1. The van der Waals surface area contributed by atoms with E-state index in [9.17, 15) is 4.79 Å². The molecule has 0 saturated carbocycles. The Morgan fingerprint density at radius 3 is 2.65 bits per heavy atom. The van der Waals surface area contributed by atoms with Crippen molar-refractivity contribution in [1.82, 2.24) is 4.90 Å². The molecule has 1 aliphatic rings. The highest BCUT2D eigenvalue weighted by molar-refractivity contribution is 5.69. The first-order valence-electron chi connectivity index (χ1n) is 7.93. The van der Waals surface area contributed by atoms with Crippen LogP contribution in [0.2, 0.25) is 0 Å². The van der Waals surface area contributed by atoms with Gasteiger partial charge in [-0.3, -0.25) is 0 Å². The van der Waals surface area contributed by atoms with Crippen LogP contribution < -0.4 is 5.32 Å². The molecule has 1 N–H and O–H groups in total. The summed E-state index contributed by atoms with van der Waals surface area (Å²) in [5, 5.41) is 3.42. The lowest BCUT2D eigenvalue weighted by molar-refractivity contribution is 0.0806. The molecule has 0 saturated heterocycles. The summed E-state index contributed by atoms with van der Waals surface area (Å²) < 4.78 is 5.47. The molecule has 0 bridgehead atoms. The van der Waals surface area contributed by atoms with Crippen molar-refractivity contribution in [3.8, 4) is 0 Å². The number of nitrogens with zero attached hydrogens (tertiary/aromatic N) is 1. The van der Waals surface area contributed by atoms with E-state index in [0.29, 0.717) is 12.5 Å². The van der Waals surface area contributed by atoms with Gasteiger partial charge in [0.25, 0.3) is 0 Å². The Balaban J connectivity index is 1.71. The summed E-state index contributed by atoms with van der Waals surface area (Å²) >= 11 is 0. The predicted molar refractivity (Wildman–Crippen MR) is 91.2 cm³/mol. The van der Waals surface area contributed by atoms with Crippen LogP contribution in [0.15, 0.2) is 54.6 Å². The first-order chi connectivity index (χ1) is 11.2. The van der Waals surface area contributed by atoms with Crippen molar-refractivity contribution in [1.29, 1.82) is 0 Å². The van der Waals surface area contributed by atoms with E-state index in [1.807, 2.05) is 49.5 Å². The SMILES string of the molecule is CC1CNc2ccccc2C1N(C)C(=O)OCc1ccccc1. The Morgan fingerprint density at radius 2 is 1.87 bits per heavy atom. The van der Waals surface area contributed by atoms with Crippen molar-refractivity contribution < 1.29 is 9.53 Å². The maximum atomic E-state index is 12.5. The van der Waals surface area contributed by atoms with Gasteiger partial charge in [0.15, 0.2) is 0 Å². The van der Waals surface area contributed by atoms with Crippen LogP contribution in [0.1, 0.15) is 24.1 Å². The Kier molecular flexibility index (Phi) is 4.51.